The van der Waals surface area contributed by atoms with E-state index >= 15 is 0 Å². The molecule has 1 fully saturated rings. The van der Waals surface area contributed by atoms with Crippen molar-refractivity contribution in [1.82, 2.24) is 15.1 Å². The summed E-state index contributed by atoms with van der Waals surface area (Å²) in [7, 11) is 1.69. The highest BCUT2D eigenvalue weighted by Gasteiger charge is 2.33. The van der Waals surface area contributed by atoms with Crippen molar-refractivity contribution in [2.45, 2.75) is 57.9 Å². The standard InChI is InChI=1S/C15H26ClN3O2/c1-4-7-17-14(13-6-5-11(2)21-13)15-12(16)10-18-19(15)8-9-20-3/h10-11,13-14,17H,4-9H2,1-3H3. The minimum absolute atomic E-state index is 0.0850. The summed E-state index contributed by atoms with van der Waals surface area (Å²) in [4.78, 5) is 0. The Labute approximate surface area is 131 Å². The molecule has 3 unspecified atom stereocenters. The average molecular weight is 316 g/mol. The topological polar surface area (TPSA) is 48.3 Å². The van der Waals surface area contributed by atoms with Crippen molar-refractivity contribution in [2.24, 2.45) is 0 Å². The predicted octanol–water partition coefficient (Wildman–Crippen LogP) is 2.79. The summed E-state index contributed by atoms with van der Waals surface area (Å²) in [5.41, 5.74) is 1.02. The van der Waals surface area contributed by atoms with Crippen molar-refractivity contribution in [3.8, 4) is 0 Å². The molecule has 0 bridgehead atoms. The summed E-state index contributed by atoms with van der Waals surface area (Å²) < 4.78 is 13.2. The van der Waals surface area contributed by atoms with Crippen LogP contribution in [0.2, 0.25) is 5.02 Å². The first-order valence-electron chi connectivity index (χ1n) is 7.76. The highest BCUT2D eigenvalue weighted by Crippen LogP contribution is 2.33. The lowest BCUT2D eigenvalue weighted by Crippen LogP contribution is -2.35. The van der Waals surface area contributed by atoms with Crippen LogP contribution < -0.4 is 5.32 Å². The number of aromatic nitrogens is 2. The zero-order valence-corrected chi connectivity index (χ0v) is 13.9. The van der Waals surface area contributed by atoms with Gasteiger partial charge in [-0.15, -0.1) is 0 Å². The molecule has 0 radical (unpaired) electrons. The molecule has 1 N–H and O–H groups in total. The summed E-state index contributed by atoms with van der Waals surface area (Å²) in [6, 6.07) is 0.0850. The Balaban J connectivity index is 2.20. The Hall–Kier alpha value is -0.620. The van der Waals surface area contributed by atoms with Gasteiger partial charge in [0.2, 0.25) is 0 Å². The van der Waals surface area contributed by atoms with E-state index in [1.807, 2.05) is 4.68 Å². The first-order chi connectivity index (χ1) is 10.2. The Morgan fingerprint density at radius 2 is 2.38 bits per heavy atom. The van der Waals surface area contributed by atoms with Crippen molar-refractivity contribution in [2.75, 3.05) is 20.3 Å². The molecule has 2 rings (SSSR count). The fourth-order valence-electron chi connectivity index (χ4n) is 2.82. The normalized spacial score (nSPS) is 23.6. The maximum absolute atomic E-state index is 6.39. The van der Waals surface area contributed by atoms with Crippen molar-refractivity contribution < 1.29 is 9.47 Å². The lowest BCUT2D eigenvalue weighted by molar-refractivity contribution is 0.0293. The maximum atomic E-state index is 6.39. The molecule has 1 aromatic heterocycles. The number of methoxy groups -OCH3 is 1. The van der Waals surface area contributed by atoms with Crippen LogP contribution in [0.15, 0.2) is 6.20 Å². The lowest BCUT2D eigenvalue weighted by Gasteiger charge is -2.26. The van der Waals surface area contributed by atoms with Crippen LogP contribution in [0, 0.1) is 0 Å². The van der Waals surface area contributed by atoms with E-state index < -0.39 is 0 Å². The Kier molecular flexibility index (Phi) is 6.48. The molecule has 0 saturated carbocycles. The first-order valence-corrected chi connectivity index (χ1v) is 8.14. The van der Waals surface area contributed by atoms with Gasteiger partial charge in [-0.1, -0.05) is 18.5 Å². The predicted molar refractivity (Wildman–Crippen MR) is 83.7 cm³/mol. The van der Waals surface area contributed by atoms with E-state index in [1.165, 1.54) is 0 Å². The minimum Gasteiger partial charge on any atom is -0.383 e. The summed E-state index contributed by atoms with van der Waals surface area (Å²) in [6.45, 7) is 6.54. The molecule has 5 nitrogen and oxygen atoms in total. The molecule has 3 atom stereocenters. The minimum atomic E-state index is 0.0850. The zero-order valence-electron chi connectivity index (χ0n) is 13.1. The van der Waals surface area contributed by atoms with Gasteiger partial charge in [-0.25, -0.2) is 0 Å². The van der Waals surface area contributed by atoms with Crippen LogP contribution in [0.5, 0.6) is 0 Å². The van der Waals surface area contributed by atoms with Gasteiger partial charge in [0, 0.05) is 7.11 Å². The van der Waals surface area contributed by atoms with Crippen molar-refractivity contribution in [3.05, 3.63) is 16.9 Å². The molecule has 0 spiro atoms. The van der Waals surface area contributed by atoms with Crippen molar-refractivity contribution in [1.29, 1.82) is 0 Å². The van der Waals surface area contributed by atoms with Crippen LogP contribution in [0.25, 0.3) is 0 Å². The van der Waals surface area contributed by atoms with Gasteiger partial charge in [-0.2, -0.15) is 5.10 Å². The van der Waals surface area contributed by atoms with Crippen LogP contribution >= 0.6 is 11.6 Å². The summed E-state index contributed by atoms with van der Waals surface area (Å²) in [5, 5.41) is 8.66. The second kappa shape index (κ2) is 8.13. The third kappa shape index (κ3) is 4.19. The molecule has 2 heterocycles. The largest absolute Gasteiger partial charge is 0.383 e. The van der Waals surface area contributed by atoms with E-state index in [2.05, 4.69) is 24.3 Å². The monoisotopic (exact) mass is 315 g/mol. The van der Waals surface area contributed by atoms with E-state index in [0.29, 0.717) is 24.3 Å². The smallest absolute Gasteiger partial charge is 0.0835 e. The van der Waals surface area contributed by atoms with E-state index in [0.717, 1.165) is 31.5 Å². The molecule has 120 valence electrons. The van der Waals surface area contributed by atoms with Crippen LogP contribution in [-0.4, -0.2) is 42.2 Å². The lowest BCUT2D eigenvalue weighted by atomic mass is 10.0. The Bertz CT molecular complexity index is 439. The molecule has 0 aromatic carbocycles. The van der Waals surface area contributed by atoms with Gasteiger partial charge in [-0.05, 0) is 32.7 Å². The van der Waals surface area contributed by atoms with E-state index in [9.17, 15) is 0 Å². The van der Waals surface area contributed by atoms with Gasteiger partial charge in [0.15, 0.2) is 0 Å². The molecular formula is C15H26ClN3O2. The van der Waals surface area contributed by atoms with Crippen LogP contribution in [0.1, 0.15) is 44.8 Å². The maximum Gasteiger partial charge on any atom is 0.0835 e. The quantitative estimate of drug-likeness (QED) is 0.801. The SMILES string of the molecule is CCCNC(c1c(Cl)cnn1CCOC)C1CCC(C)O1. The molecule has 1 aliphatic heterocycles. The molecule has 1 aromatic rings. The molecule has 6 heteroatoms. The summed E-state index contributed by atoms with van der Waals surface area (Å²) in [6.07, 6.45) is 5.40. The zero-order chi connectivity index (χ0) is 15.2. The first kappa shape index (κ1) is 16.7. The number of hydrogen-bond acceptors (Lipinski definition) is 4. The number of rotatable bonds is 8. The number of ether oxygens (including phenoxy) is 2. The third-order valence-electron chi connectivity index (χ3n) is 3.89. The Morgan fingerprint density at radius 1 is 1.57 bits per heavy atom. The third-order valence-corrected chi connectivity index (χ3v) is 4.18. The molecule has 0 aliphatic carbocycles. The van der Waals surface area contributed by atoms with Crippen molar-refractivity contribution >= 4 is 11.6 Å². The van der Waals surface area contributed by atoms with Gasteiger partial charge >= 0.3 is 0 Å². The van der Waals surface area contributed by atoms with Crippen LogP contribution in [0.3, 0.4) is 0 Å². The summed E-state index contributed by atoms with van der Waals surface area (Å²) >= 11 is 6.39. The molecule has 21 heavy (non-hydrogen) atoms. The number of nitrogens with zero attached hydrogens (tertiary/aromatic N) is 2. The number of hydrogen-bond donors (Lipinski definition) is 1. The fourth-order valence-corrected chi connectivity index (χ4v) is 3.08. The molecule has 1 saturated heterocycles. The molecule has 1 aliphatic rings. The van der Waals surface area contributed by atoms with Gasteiger partial charge in [0.1, 0.15) is 0 Å². The van der Waals surface area contributed by atoms with Gasteiger partial charge in [0.05, 0.1) is 48.3 Å². The average Bonchev–Trinajstić information content (AvgIpc) is 3.05. The highest BCUT2D eigenvalue weighted by atomic mass is 35.5. The number of nitrogens with one attached hydrogen (secondary N) is 1. The summed E-state index contributed by atoms with van der Waals surface area (Å²) in [5.74, 6) is 0. The second-order valence-electron chi connectivity index (χ2n) is 5.59. The van der Waals surface area contributed by atoms with E-state index in [4.69, 9.17) is 21.1 Å². The second-order valence-corrected chi connectivity index (χ2v) is 6.00. The highest BCUT2D eigenvalue weighted by molar-refractivity contribution is 6.31. The fraction of sp³-hybridized carbons (Fsp3) is 0.800. The van der Waals surface area contributed by atoms with Gasteiger partial charge in [-0.3, -0.25) is 4.68 Å². The van der Waals surface area contributed by atoms with E-state index in [1.54, 1.807) is 13.3 Å². The van der Waals surface area contributed by atoms with Gasteiger partial charge < -0.3 is 14.8 Å². The van der Waals surface area contributed by atoms with Crippen LogP contribution in [-0.2, 0) is 16.0 Å². The van der Waals surface area contributed by atoms with Crippen molar-refractivity contribution in [3.63, 3.8) is 0 Å². The molecule has 0 amide bonds. The number of halogens is 1. The molecular weight excluding hydrogens is 290 g/mol. The van der Waals surface area contributed by atoms with E-state index in [-0.39, 0.29) is 12.1 Å². The van der Waals surface area contributed by atoms with Crippen LogP contribution in [0.4, 0.5) is 0 Å². The Morgan fingerprint density at radius 3 is 3.00 bits per heavy atom. The van der Waals surface area contributed by atoms with Gasteiger partial charge in [0.25, 0.3) is 0 Å².